The standard InChI is InChI=1S/C7H11ClN4/c1-4(2)11-6-5(8)3-10-7(9)12-6/h3-4H,1-2H3,(H3,9,10,11,12). The smallest absolute Gasteiger partial charge is 0.222 e. The van der Waals surface area contributed by atoms with Crippen LogP contribution < -0.4 is 11.1 Å². The van der Waals surface area contributed by atoms with Gasteiger partial charge < -0.3 is 11.1 Å². The van der Waals surface area contributed by atoms with E-state index in [-0.39, 0.29) is 12.0 Å². The Labute approximate surface area is 76.2 Å². The average molecular weight is 187 g/mol. The molecule has 0 radical (unpaired) electrons. The summed E-state index contributed by atoms with van der Waals surface area (Å²) in [5.74, 6) is 0.807. The molecule has 0 saturated heterocycles. The number of nitrogen functional groups attached to an aromatic ring is 1. The van der Waals surface area contributed by atoms with Gasteiger partial charge in [-0.2, -0.15) is 4.98 Å². The zero-order valence-electron chi connectivity index (χ0n) is 7.00. The molecule has 0 unspecified atom stereocenters. The molecule has 0 aromatic carbocycles. The van der Waals surface area contributed by atoms with E-state index in [4.69, 9.17) is 17.3 Å². The van der Waals surface area contributed by atoms with Crippen LogP contribution in [-0.2, 0) is 0 Å². The van der Waals surface area contributed by atoms with Gasteiger partial charge in [0.1, 0.15) is 5.02 Å². The molecule has 0 bridgehead atoms. The number of nitrogens with zero attached hydrogens (tertiary/aromatic N) is 2. The molecule has 0 atom stereocenters. The van der Waals surface area contributed by atoms with Crippen molar-refractivity contribution in [1.29, 1.82) is 0 Å². The summed E-state index contributed by atoms with van der Waals surface area (Å²) in [6.07, 6.45) is 1.48. The Hall–Kier alpha value is -1.03. The van der Waals surface area contributed by atoms with Crippen molar-refractivity contribution in [3.63, 3.8) is 0 Å². The van der Waals surface area contributed by atoms with Gasteiger partial charge in [-0.25, -0.2) is 4.98 Å². The van der Waals surface area contributed by atoms with Gasteiger partial charge in [-0.1, -0.05) is 11.6 Å². The zero-order chi connectivity index (χ0) is 9.14. The van der Waals surface area contributed by atoms with Gasteiger partial charge in [0.2, 0.25) is 5.95 Å². The lowest BCUT2D eigenvalue weighted by molar-refractivity contribution is 0.887. The van der Waals surface area contributed by atoms with Crippen LogP contribution in [0.4, 0.5) is 11.8 Å². The maximum absolute atomic E-state index is 5.80. The van der Waals surface area contributed by atoms with Crippen LogP contribution >= 0.6 is 11.6 Å². The minimum absolute atomic E-state index is 0.225. The third-order valence-electron chi connectivity index (χ3n) is 1.19. The predicted molar refractivity (Wildman–Crippen MR) is 50.2 cm³/mol. The third-order valence-corrected chi connectivity index (χ3v) is 1.46. The molecule has 0 amide bonds. The molecule has 0 spiro atoms. The van der Waals surface area contributed by atoms with Gasteiger partial charge in [0.25, 0.3) is 0 Å². The number of nitrogens with two attached hydrogens (primary N) is 1. The summed E-state index contributed by atoms with van der Waals surface area (Å²) in [5.41, 5.74) is 5.38. The van der Waals surface area contributed by atoms with Crippen LogP contribution in [0, 0.1) is 0 Å². The van der Waals surface area contributed by atoms with E-state index in [9.17, 15) is 0 Å². The first-order valence-electron chi connectivity index (χ1n) is 3.64. The van der Waals surface area contributed by atoms with E-state index in [0.29, 0.717) is 10.8 Å². The van der Waals surface area contributed by atoms with Crippen LogP contribution in [0.1, 0.15) is 13.8 Å². The predicted octanol–water partition coefficient (Wildman–Crippen LogP) is 1.53. The number of halogens is 1. The number of anilines is 2. The minimum Gasteiger partial charge on any atom is -0.368 e. The van der Waals surface area contributed by atoms with Crippen LogP contribution in [0.2, 0.25) is 5.02 Å². The third kappa shape index (κ3) is 2.23. The van der Waals surface area contributed by atoms with Gasteiger partial charge in [0, 0.05) is 6.04 Å². The topological polar surface area (TPSA) is 63.8 Å². The van der Waals surface area contributed by atoms with Gasteiger partial charge in [0.15, 0.2) is 5.82 Å². The molecule has 0 aliphatic carbocycles. The lowest BCUT2D eigenvalue weighted by Gasteiger charge is -2.09. The van der Waals surface area contributed by atoms with Crippen molar-refractivity contribution in [2.75, 3.05) is 11.1 Å². The van der Waals surface area contributed by atoms with Crippen molar-refractivity contribution in [1.82, 2.24) is 9.97 Å². The van der Waals surface area contributed by atoms with Crippen molar-refractivity contribution >= 4 is 23.4 Å². The van der Waals surface area contributed by atoms with E-state index in [1.54, 1.807) is 0 Å². The molecule has 1 heterocycles. The van der Waals surface area contributed by atoms with Crippen LogP contribution in [0.15, 0.2) is 6.20 Å². The molecule has 0 fully saturated rings. The lowest BCUT2D eigenvalue weighted by Crippen LogP contribution is -2.12. The van der Waals surface area contributed by atoms with Gasteiger partial charge in [-0.3, -0.25) is 0 Å². The molecular weight excluding hydrogens is 176 g/mol. The summed E-state index contributed by atoms with van der Waals surface area (Å²) in [6, 6.07) is 0.275. The van der Waals surface area contributed by atoms with Crippen LogP contribution in [-0.4, -0.2) is 16.0 Å². The molecule has 0 aliphatic rings. The molecule has 5 heteroatoms. The fourth-order valence-corrected chi connectivity index (χ4v) is 0.901. The first-order valence-corrected chi connectivity index (χ1v) is 4.02. The van der Waals surface area contributed by atoms with E-state index in [0.717, 1.165) is 0 Å². The quantitative estimate of drug-likeness (QED) is 0.736. The fourth-order valence-electron chi connectivity index (χ4n) is 0.755. The monoisotopic (exact) mass is 186 g/mol. The average Bonchev–Trinajstić information content (AvgIpc) is 1.96. The van der Waals surface area contributed by atoms with Crippen molar-refractivity contribution < 1.29 is 0 Å². The first kappa shape index (κ1) is 9.06. The normalized spacial score (nSPS) is 10.3. The summed E-state index contributed by atoms with van der Waals surface area (Å²) >= 11 is 5.80. The number of aromatic nitrogens is 2. The molecule has 12 heavy (non-hydrogen) atoms. The maximum atomic E-state index is 5.80. The van der Waals surface area contributed by atoms with Crippen molar-refractivity contribution in [2.45, 2.75) is 19.9 Å². The Balaban J connectivity index is 2.90. The minimum atomic E-state index is 0.225. The highest BCUT2D eigenvalue weighted by Crippen LogP contribution is 2.18. The SMILES string of the molecule is CC(C)Nc1nc(N)ncc1Cl. The Morgan fingerprint density at radius 1 is 1.58 bits per heavy atom. The largest absolute Gasteiger partial charge is 0.368 e. The van der Waals surface area contributed by atoms with E-state index < -0.39 is 0 Å². The Morgan fingerprint density at radius 2 is 2.25 bits per heavy atom. The first-order chi connectivity index (χ1) is 5.59. The highest BCUT2D eigenvalue weighted by molar-refractivity contribution is 6.32. The number of hydrogen-bond acceptors (Lipinski definition) is 4. The Morgan fingerprint density at radius 3 is 2.83 bits per heavy atom. The maximum Gasteiger partial charge on any atom is 0.222 e. The molecule has 4 nitrogen and oxygen atoms in total. The Kier molecular flexibility index (Phi) is 2.70. The van der Waals surface area contributed by atoms with Crippen molar-refractivity contribution in [2.24, 2.45) is 0 Å². The summed E-state index contributed by atoms with van der Waals surface area (Å²) in [6.45, 7) is 3.99. The summed E-state index contributed by atoms with van der Waals surface area (Å²) in [5, 5.41) is 3.53. The van der Waals surface area contributed by atoms with Crippen molar-refractivity contribution in [3.8, 4) is 0 Å². The summed E-state index contributed by atoms with van der Waals surface area (Å²) in [7, 11) is 0. The van der Waals surface area contributed by atoms with Gasteiger partial charge >= 0.3 is 0 Å². The highest BCUT2D eigenvalue weighted by Gasteiger charge is 2.03. The highest BCUT2D eigenvalue weighted by atomic mass is 35.5. The number of hydrogen-bond donors (Lipinski definition) is 2. The molecule has 1 aromatic heterocycles. The van der Waals surface area contributed by atoms with Gasteiger partial charge in [-0.05, 0) is 13.8 Å². The fraction of sp³-hybridized carbons (Fsp3) is 0.429. The van der Waals surface area contributed by atoms with Crippen molar-refractivity contribution in [3.05, 3.63) is 11.2 Å². The summed E-state index contributed by atoms with van der Waals surface area (Å²) < 4.78 is 0. The van der Waals surface area contributed by atoms with E-state index in [1.165, 1.54) is 6.20 Å². The van der Waals surface area contributed by atoms with Crippen LogP contribution in [0.3, 0.4) is 0 Å². The van der Waals surface area contributed by atoms with E-state index in [2.05, 4.69) is 15.3 Å². The second-order valence-electron chi connectivity index (χ2n) is 2.72. The molecule has 66 valence electrons. The van der Waals surface area contributed by atoms with Crippen LogP contribution in [0.25, 0.3) is 0 Å². The van der Waals surface area contributed by atoms with E-state index >= 15 is 0 Å². The zero-order valence-corrected chi connectivity index (χ0v) is 7.76. The second kappa shape index (κ2) is 3.58. The van der Waals surface area contributed by atoms with Crippen LogP contribution in [0.5, 0.6) is 0 Å². The molecule has 1 rings (SSSR count). The molecule has 0 saturated carbocycles. The molecular formula is C7H11ClN4. The lowest BCUT2D eigenvalue weighted by atomic mass is 10.4. The Bertz CT molecular complexity index is 274. The molecule has 3 N–H and O–H groups in total. The number of rotatable bonds is 2. The van der Waals surface area contributed by atoms with Gasteiger partial charge in [0.05, 0.1) is 6.20 Å². The molecule has 1 aromatic rings. The van der Waals surface area contributed by atoms with E-state index in [1.807, 2.05) is 13.8 Å². The second-order valence-corrected chi connectivity index (χ2v) is 3.13. The van der Waals surface area contributed by atoms with Gasteiger partial charge in [-0.15, -0.1) is 0 Å². The molecule has 0 aliphatic heterocycles. The number of nitrogens with one attached hydrogen (secondary N) is 1. The summed E-state index contributed by atoms with van der Waals surface area (Å²) in [4.78, 5) is 7.68.